The first kappa shape index (κ1) is 11.4. The third-order valence-electron chi connectivity index (χ3n) is 1.85. The number of nitrogens with zero attached hydrogens (tertiary/aromatic N) is 1. The summed E-state index contributed by atoms with van der Waals surface area (Å²) in [6.45, 7) is 3.60. The normalized spacial score (nSPS) is 12.5. The molecule has 1 N–H and O–H groups in total. The average molecular weight is 306 g/mol. The van der Waals surface area contributed by atoms with Gasteiger partial charge in [-0.05, 0) is 41.1 Å². The second-order valence-electron chi connectivity index (χ2n) is 2.84. The molecule has 1 radical (unpaired) electrons. The smallest absolute Gasteiger partial charge is 0.269 e. The molecule has 5 heteroatoms. The van der Waals surface area contributed by atoms with Gasteiger partial charge in [0, 0.05) is 28.2 Å². The van der Waals surface area contributed by atoms with E-state index in [4.69, 9.17) is 5.11 Å². The summed E-state index contributed by atoms with van der Waals surface area (Å²) in [5, 5.41) is 19.4. The summed E-state index contributed by atoms with van der Waals surface area (Å²) in [5.41, 5.74) is 0.741. The van der Waals surface area contributed by atoms with Crippen molar-refractivity contribution in [1.82, 2.24) is 0 Å². The third-order valence-corrected chi connectivity index (χ3v) is 2.83. The fraction of sp³-hybridized carbons (Fsp3) is 0.222. The molecule has 0 amide bonds. The van der Waals surface area contributed by atoms with Gasteiger partial charge in [-0.15, -0.1) is 0 Å². The van der Waals surface area contributed by atoms with Gasteiger partial charge in [0.05, 0.1) is 4.92 Å². The molecule has 1 aromatic rings. The fourth-order valence-corrected chi connectivity index (χ4v) is 1.83. The molecular weight excluding hydrogens is 297 g/mol. The average Bonchev–Trinajstić information content (AvgIpc) is 2.17. The molecule has 0 aliphatic carbocycles. The Hall–Kier alpha value is -0.690. The molecule has 1 aromatic carbocycles. The minimum Gasteiger partial charge on any atom is -0.396 e. The van der Waals surface area contributed by atoms with Crippen LogP contribution in [0.3, 0.4) is 0 Å². The van der Waals surface area contributed by atoms with Crippen LogP contribution in [0.2, 0.25) is 0 Å². The lowest BCUT2D eigenvalue weighted by molar-refractivity contribution is -0.384. The largest absolute Gasteiger partial charge is 0.396 e. The van der Waals surface area contributed by atoms with Gasteiger partial charge in [0.1, 0.15) is 0 Å². The Morgan fingerprint density at radius 1 is 1.64 bits per heavy atom. The van der Waals surface area contributed by atoms with Crippen LogP contribution < -0.4 is 0 Å². The van der Waals surface area contributed by atoms with E-state index in [9.17, 15) is 10.1 Å². The number of aliphatic hydroxyl groups is 1. The molecule has 1 atom stereocenters. The number of hydrogen-bond donors (Lipinski definition) is 1. The van der Waals surface area contributed by atoms with Gasteiger partial charge in [0.15, 0.2) is 0 Å². The zero-order valence-corrected chi connectivity index (χ0v) is 9.47. The lowest BCUT2D eigenvalue weighted by Gasteiger charge is -2.09. The van der Waals surface area contributed by atoms with Crippen LogP contribution >= 0.6 is 22.6 Å². The van der Waals surface area contributed by atoms with Crippen molar-refractivity contribution in [2.75, 3.05) is 6.61 Å². The second kappa shape index (κ2) is 4.70. The number of nitro benzene ring substituents is 1. The van der Waals surface area contributed by atoms with Gasteiger partial charge in [-0.2, -0.15) is 0 Å². The van der Waals surface area contributed by atoms with E-state index in [0.717, 1.165) is 3.57 Å². The Morgan fingerprint density at radius 3 is 2.79 bits per heavy atom. The van der Waals surface area contributed by atoms with Gasteiger partial charge in [-0.25, -0.2) is 0 Å². The van der Waals surface area contributed by atoms with Crippen LogP contribution in [-0.4, -0.2) is 16.6 Å². The SMILES string of the molecule is [CH2]C(CO)c1cc([N+](=O)[O-])ccc1I. The van der Waals surface area contributed by atoms with E-state index in [-0.39, 0.29) is 18.2 Å². The fourth-order valence-electron chi connectivity index (χ4n) is 1.06. The minimum atomic E-state index is -0.455. The Balaban J connectivity index is 3.14. The Morgan fingerprint density at radius 2 is 2.29 bits per heavy atom. The van der Waals surface area contributed by atoms with Gasteiger partial charge >= 0.3 is 0 Å². The highest BCUT2D eigenvalue weighted by Crippen LogP contribution is 2.25. The zero-order chi connectivity index (χ0) is 10.7. The molecule has 0 saturated heterocycles. The summed E-state index contributed by atoms with van der Waals surface area (Å²) < 4.78 is 0.877. The highest BCUT2D eigenvalue weighted by molar-refractivity contribution is 14.1. The van der Waals surface area contributed by atoms with Crippen LogP contribution in [0.5, 0.6) is 0 Å². The second-order valence-corrected chi connectivity index (χ2v) is 4.00. The predicted molar refractivity (Wildman–Crippen MR) is 61.0 cm³/mol. The van der Waals surface area contributed by atoms with E-state index in [1.54, 1.807) is 6.07 Å². The first-order valence-electron chi connectivity index (χ1n) is 3.94. The highest BCUT2D eigenvalue weighted by Gasteiger charge is 2.13. The summed E-state index contributed by atoms with van der Waals surface area (Å²) in [7, 11) is 0. The molecule has 0 bridgehead atoms. The summed E-state index contributed by atoms with van der Waals surface area (Å²) in [4.78, 5) is 10.0. The molecule has 0 heterocycles. The number of rotatable bonds is 3. The Kier molecular flexibility index (Phi) is 3.82. The molecular formula is C9H9INO3. The topological polar surface area (TPSA) is 63.4 Å². The number of hydrogen-bond acceptors (Lipinski definition) is 3. The number of non-ortho nitro benzene ring substituents is 1. The summed E-state index contributed by atoms with van der Waals surface area (Å²) in [5.74, 6) is -0.318. The lowest BCUT2D eigenvalue weighted by atomic mass is 10.0. The van der Waals surface area contributed by atoms with E-state index >= 15 is 0 Å². The van der Waals surface area contributed by atoms with Crippen LogP contribution in [0.15, 0.2) is 18.2 Å². The van der Waals surface area contributed by atoms with Crippen LogP contribution in [0.1, 0.15) is 11.5 Å². The molecule has 0 aromatic heterocycles. The molecule has 0 fully saturated rings. The Bertz CT molecular complexity index is 354. The maximum absolute atomic E-state index is 10.5. The van der Waals surface area contributed by atoms with Crippen molar-refractivity contribution < 1.29 is 10.0 Å². The maximum Gasteiger partial charge on any atom is 0.269 e. The third kappa shape index (κ3) is 2.42. The van der Waals surface area contributed by atoms with Gasteiger partial charge < -0.3 is 5.11 Å². The molecule has 4 nitrogen and oxygen atoms in total. The van der Waals surface area contributed by atoms with Crippen molar-refractivity contribution in [2.24, 2.45) is 0 Å². The number of aliphatic hydroxyl groups excluding tert-OH is 1. The van der Waals surface area contributed by atoms with Gasteiger partial charge in [0.2, 0.25) is 0 Å². The van der Waals surface area contributed by atoms with Gasteiger partial charge in [-0.3, -0.25) is 10.1 Å². The van der Waals surface area contributed by atoms with Crippen molar-refractivity contribution in [3.05, 3.63) is 44.4 Å². The minimum absolute atomic E-state index is 0.0301. The van der Waals surface area contributed by atoms with Crippen molar-refractivity contribution >= 4 is 28.3 Å². The number of nitro groups is 1. The van der Waals surface area contributed by atoms with E-state index < -0.39 is 4.92 Å². The molecule has 14 heavy (non-hydrogen) atoms. The molecule has 0 saturated carbocycles. The van der Waals surface area contributed by atoms with Crippen LogP contribution in [0.4, 0.5) is 5.69 Å². The molecule has 0 spiro atoms. The summed E-state index contributed by atoms with van der Waals surface area (Å²) >= 11 is 2.07. The van der Waals surface area contributed by atoms with Gasteiger partial charge in [0.25, 0.3) is 5.69 Å². The van der Waals surface area contributed by atoms with Crippen LogP contribution in [0.25, 0.3) is 0 Å². The Labute approximate surface area is 95.2 Å². The van der Waals surface area contributed by atoms with Crippen molar-refractivity contribution in [1.29, 1.82) is 0 Å². The molecule has 0 aliphatic heterocycles. The van der Waals surface area contributed by atoms with E-state index in [2.05, 4.69) is 29.5 Å². The maximum atomic E-state index is 10.5. The van der Waals surface area contributed by atoms with Crippen LogP contribution in [-0.2, 0) is 0 Å². The summed E-state index contributed by atoms with van der Waals surface area (Å²) in [6, 6.07) is 4.55. The lowest BCUT2D eigenvalue weighted by Crippen LogP contribution is -2.02. The summed E-state index contributed by atoms with van der Waals surface area (Å²) in [6.07, 6.45) is 0. The van der Waals surface area contributed by atoms with Crippen LogP contribution in [0, 0.1) is 20.6 Å². The van der Waals surface area contributed by atoms with Crippen molar-refractivity contribution in [2.45, 2.75) is 5.92 Å². The molecule has 75 valence electrons. The predicted octanol–water partition coefficient (Wildman–Crippen LogP) is 2.11. The van der Waals surface area contributed by atoms with Gasteiger partial charge in [-0.1, -0.05) is 0 Å². The first-order chi connectivity index (χ1) is 6.56. The quantitative estimate of drug-likeness (QED) is 0.528. The zero-order valence-electron chi connectivity index (χ0n) is 7.31. The molecule has 1 rings (SSSR count). The number of benzene rings is 1. The monoisotopic (exact) mass is 306 g/mol. The van der Waals surface area contributed by atoms with Crippen molar-refractivity contribution in [3.63, 3.8) is 0 Å². The molecule has 0 aliphatic rings. The highest BCUT2D eigenvalue weighted by atomic mass is 127. The number of halogens is 1. The van der Waals surface area contributed by atoms with Crippen molar-refractivity contribution in [3.8, 4) is 0 Å². The first-order valence-corrected chi connectivity index (χ1v) is 5.02. The molecule has 1 unspecified atom stereocenters. The standard InChI is InChI=1S/C9H9INO3/c1-6(5-12)8-4-7(11(13)14)2-3-9(8)10/h2-4,6,12H,1,5H2. The van der Waals surface area contributed by atoms with E-state index in [1.165, 1.54) is 12.1 Å². The van der Waals surface area contributed by atoms with E-state index in [1.807, 2.05) is 0 Å². The van der Waals surface area contributed by atoms with E-state index in [0.29, 0.717) is 5.56 Å².